The van der Waals surface area contributed by atoms with Crippen LogP contribution >= 0.6 is 11.8 Å². The average Bonchev–Trinajstić information content (AvgIpc) is 2.69. The van der Waals surface area contributed by atoms with Crippen LogP contribution in [-0.2, 0) is 9.47 Å². The van der Waals surface area contributed by atoms with E-state index in [-0.39, 0.29) is 12.7 Å². The summed E-state index contributed by atoms with van der Waals surface area (Å²) < 4.78 is 10.8. The van der Waals surface area contributed by atoms with Crippen molar-refractivity contribution in [1.82, 2.24) is 0 Å². The van der Waals surface area contributed by atoms with Crippen molar-refractivity contribution in [1.29, 1.82) is 0 Å². The third-order valence-corrected chi connectivity index (χ3v) is 6.57. The smallest absolute Gasteiger partial charge is 0.0892 e. The van der Waals surface area contributed by atoms with E-state index in [0.717, 1.165) is 17.9 Å². The monoisotopic (exact) mass is 404 g/mol. The Labute approximate surface area is 174 Å². The van der Waals surface area contributed by atoms with Gasteiger partial charge in [-0.3, -0.25) is 0 Å². The highest BCUT2D eigenvalue weighted by atomic mass is 32.2. The second-order valence-electron chi connectivity index (χ2n) is 7.82. The summed E-state index contributed by atoms with van der Waals surface area (Å²) in [6.07, 6.45) is 21.1. The summed E-state index contributed by atoms with van der Waals surface area (Å²) in [6, 6.07) is 0. The van der Waals surface area contributed by atoms with Crippen LogP contribution in [0, 0.1) is 0 Å². The highest BCUT2D eigenvalue weighted by Gasteiger charge is 2.10. The molecule has 0 aliphatic heterocycles. The predicted molar refractivity (Wildman–Crippen MR) is 121 cm³/mol. The first-order valence-corrected chi connectivity index (χ1v) is 12.7. The van der Waals surface area contributed by atoms with E-state index < -0.39 is 0 Å². The van der Waals surface area contributed by atoms with E-state index in [0.29, 0.717) is 6.10 Å². The van der Waals surface area contributed by atoms with Gasteiger partial charge in [0, 0.05) is 25.7 Å². The second-order valence-corrected chi connectivity index (χ2v) is 8.90. The maximum absolute atomic E-state index is 9.12. The fourth-order valence-corrected chi connectivity index (χ4v) is 4.57. The fraction of sp³-hybridized carbons (Fsp3) is 1.00. The molecule has 0 saturated carbocycles. The van der Waals surface area contributed by atoms with Crippen LogP contribution in [0.25, 0.3) is 0 Å². The lowest BCUT2D eigenvalue weighted by atomic mass is 10.0. The zero-order chi connectivity index (χ0) is 20.0. The topological polar surface area (TPSA) is 38.7 Å². The summed E-state index contributed by atoms with van der Waals surface area (Å²) in [6.45, 7) is 2.38. The molecule has 3 nitrogen and oxygen atoms in total. The molecule has 0 rings (SSSR count). The van der Waals surface area contributed by atoms with E-state index in [1.165, 1.54) is 89.9 Å². The van der Waals surface area contributed by atoms with Crippen molar-refractivity contribution in [2.75, 3.05) is 32.3 Å². The Hall–Kier alpha value is 0.230. The molecule has 1 N–H and O–H groups in total. The van der Waals surface area contributed by atoms with Gasteiger partial charge >= 0.3 is 0 Å². The Morgan fingerprint density at radius 1 is 0.630 bits per heavy atom. The minimum Gasteiger partial charge on any atom is -0.394 e. The zero-order valence-electron chi connectivity index (χ0n) is 18.6. The first kappa shape index (κ1) is 27.2. The number of ether oxygens (including phenoxy) is 2. The normalized spacial score (nSPS) is 13.8. The van der Waals surface area contributed by atoms with E-state index in [9.17, 15) is 0 Å². The van der Waals surface area contributed by atoms with Crippen molar-refractivity contribution >= 4 is 11.8 Å². The van der Waals surface area contributed by atoms with Crippen LogP contribution in [0.3, 0.4) is 0 Å². The molecule has 4 heteroatoms. The molecule has 0 aromatic rings. The third-order valence-electron chi connectivity index (χ3n) is 5.36. The molecule has 0 amide bonds. The second kappa shape index (κ2) is 22.5. The summed E-state index contributed by atoms with van der Waals surface area (Å²) in [4.78, 5) is 0. The summed E-state index contributed by atoms with van der Waals surface area (Å²) in [5, 5.41) is 9.12. The molecular formula is C23H48O3S. The van der Waals surface area contributed by atoms with Gasteiger partial charge in [-0.2, -0.15) is 11.8 Å². The van der Waals surface area contributed by atoms with Crippen molar-refractivity contribution in [3.05, 3.63) is 0 Å². The Kier molecular flexibility index (Phi) is 22.7. The van der Waals surface area contributed by atoms with Crippen LogP contribution in [-0.4, -0.2) is 49.6 Å². The molecule has 164 valence electrons. The van der Waals surface area contributed by atoms with Crippen LogP contribution < -0.4 is 0 Å². The van der Waals surface area contributed by atoms with E-state index in [1.54, 1.807) is 7.11 Å². The summed E-state index contributed by atoms with van der Waals surface area (Å²) in [5.74, 6) is 1.83. The van der Waals surface area contributed by atoms with Crippen molar-refractivity contribution < 1.29 is 14.6 Å². The molecule has 0 aliphatic rings. The largest absolute Gasteiger partial charge is 0.394 e. The Morgan fingerprint density at radius 3 is 1.44 bits per heavy atom. The molecule has 0 radical (unpaired) electrons. The summed E-state index contributed by atoms with van der Waals surface area (Å²) in [5.41, 5.74) is 0. The van der Waals surface area contributed by atoms with E-state index in [2.05, 4.69) is 6.92 Å². The van der Waals surface area contributed by atoms with Crippen molar-refractivity contribution in [3.63, 3.8) is 0 Å². The average molecular weight is 405 g/mol. The predicted octanol–water partition coefficient (Wildman–Crippen LogP) is 6.61. The van der Waals surface area contributed by atoms with Crippen LogP contribution in [0.4, 0.5) is 0 Å². The highest BCUT2D eigenvalue weighted by molar-refractivity contribution is 7.99. The van der Waals surface area contributed by atoms with Crippen LogP contribution in [0.1, 0.15) is 103 Å². The van der Waals surface area contributed by atoms with Crippen molar-refractivity contribution in [3.8, 4) is 0 Å². The van der Waals surface area contributed by atoms with E-state index in [1.807, 2.05) is 18.9 Å². The molecule has 2 atom stereocenters. The number of methoxy groups -OCH3 is 2. The molecule has 0 heterocycles. The van der Waals surface area contributed by atoms with Gasteiger partial charge in [0.2, 0.25) is 0 Å². The highest BCUT2D eigenvalue weighted by Crippen LogP contribution is 2.16. The van der Waals surface area contributed by atoms with E-state index in [4.69, 9.17) is 14.6 Å². The lowest BCUT2D eigenvalue weighted by Crippen LogP contribution is -2.21. The Morgan fingerprint density at radius 2 is 1.04 bits per heavy atom. The molecule has 0 saturated heterocycles. The lowest BCUT2D eigenvalue weighted by molar-refractivity contribution is 0.0653. The van der Waals surface area contributed by atoms with Gasteiger partial charge in [-0.1, -0.05) is 96.8 Å². The van der Waals surface area contributed by atoms with Crippen molar-refractivity contribution in [2.24, 2.45) is 0 Å². The molecule has 27 heavy (non-hydrogen) atoms. The van der Waals surface area contributed by atoms with Gasteiger partial charge in [0.15, 0.2) is 0 Å². The van der Waals surface area contributed by atoms with Gasteiger partial charge in [0.25, 0.3) is 0 Å². The minimum absolute atomic E-state index is 0.0476. The maximum Gasteiger partial charge on any atom is 0.0892 e. The number of aliphatic hydroxyl groups is 1. The molecule has 0 aromatic carbocycles. The van der Waals surface area contributed by atoms with Gasteiger partial charge < -0.3 is 14.6 Å². The number of thioether (sulfide) groups is 1. The van der Waals surface area contributed by atoms with Gasteiger partial charge in [-0.25, -0.2) is 0 Å². The minimum atomic E-state index is -0.0476. The quantitative estimate of drug-likeness (QED) is 0.206. The molecule has 0 aliphatic carbocycles. The SMILES string of the molecule is CCCCCCCCCCCCCCCCC(CSCC(CO)OC)OC. The van der Waals surface area contributed by atoms with Crippen LogP contribution in [0.2, 0.25) is 0 Å². The van der Waals surface area contributed by atoms with Gasteiger partial charge in [-0.15, -0.1) is 0 Å². The van der Waals surface area contributed by atoms with Gasteiger partial charge in [0.1, 0.15) is 0 Å². The first-order chi connectivity index (χ1) is 13.3. The molecule has 0 bridgehead atoms. The van der Waals surface area contributed by atoms with Gasteiger partial charge in [-0.05, 0) is 6.42 Å². The van der Waals surface area contributed by atoms with Crippen LogP contribution in [0.15, 0.2) is 0 Å². The van der Waals surface area contributed by atoms with Gasteiger partial charge in [0.05, 0.1) is 18.8 Å². The third kappa shape index (κ3) is 19.3. The molecular weight excluding hydrogens is 356 g/mol. The molecule has 0 spiro atoms. The number of hydrogen-bond donors (Lipinski definition) is 1. The fourth-order valence-electron chi connectivity index (χ4n) is 3.36. The Bertz CT molecular complexity index is 272. The molecule has 0 aromatic heterocycles. The van der Waals surface area contributed by atoms with Crippen molar-refractivity contribution in [2.45, 2.75) is 115 Å². The summed E-state index contributed by atoms with van der Waals surface area (Å²) >= 11 is 1.82. The zero-order valence-corrected chi connectivity index (χ0v) is 19.4. The Balaban J connectivity index is 3.32. The first-order valence-electron chi connectivity index (χ1n) is 11.5. The number of aliphatic hydroxyl groups excluding tert-OH is 1. The van der Waals surface area contributed by atoms with E-state index >= 15 is 0 Å². The maximum atomic E-state index is 9.12. The molecule has 0 fully saturated rings. The molecule has 2 unspecified atom stereocenters. The standard InChI is InChI=1S/C23H48O3S/c1-4-5-6-7-8-9-10-11-12-13-14-15-16-17-18-22(25-2)20-27-21-23(19-24)26-3/h22-24H,4-21H2,1-3H3. The lowest BCUT2D eigenvalue weighted by Gasteiger charge is -2.17. The summed E-state index contributed by atoms with van der Waals surface area (Å²) in [7, 11) is 3.47. The number of unbranched alkanes of at least 4 members (excludes halogenated alkanes) is 13. The number of hydrogen-bond acceptors (Lipinski definition) is 4. The van der Waals surface area contributed by atoms with Crippen LogP contribution in [0.5, 0.6) is 0 Å². The number of rotatable bonds is 22.